The molecule has 1 fully saturated rings. The molecule has 0 aromatic heterocycles. The first-order valence-corrected chi connectivity index (χ1v) is 6.81. The highest BCUT2D eigenvalue weighted by molar-refractivity contribution is 5.58. The van der Waals surface area contributed by atoms with Gasteiger partial charge < -0.3 is 10.6 Å². The second-order valence-corrected chi connectivity index (χ2v) is 5.83. The minimum atomic E-state index is 0.269. The topological polar surface area (TPSA) is 29.3 Å². The molecule has 1 saturated carbocycles. The van der Waals surface area contributed by atoms with Crippen LogP contribution in [0, 0.1) is 5.92 Å². The van der Waals surface area contributed by atoms with Crippen LogP contribution in [-0.4, -0.2) is 18.6 Å². The SMILES string of the molecule is CC1Cc2ccccc2N(C2(CN)CCC2)C1. The summed E-state index contributed by atoms with van der Waals surface area (Å²) in [6.45, 7) is 4.33. The summed E-state index contributed by atoms with van der Waals surface area (Å²) in [5.41, 5.74) is 9.28. The van der Waals surface area contributed by atoms with E-state index in [0.717, 1.165) is 12.5 Å². The van der Waals surface area contributed by atoms with Crippen LogP contribution < -0.4 is 10.6 Å². The van der Waals surface area contributed by atoms with Gasteiger partial charge in [0, 0.05) is 18.8 Å². The maximum absolute atomic E-state index is 6.06. The molecule has 0 radical (unpaired) electrons. The Morgan fingerprint density at radius 2 is 2.12 bits per heavy atom. The fourth-order valence-corrected chi connectivity index (χ4v) is 3.42. The number of benzene rings is 1. The first-order chi connectivity index (χ1) is 8.25. The zero-order chi connectivity index (χ0) is 11.9. The van der Waals surface area contributed by atoms with Crippen LogP contribution in [0.15, 0.2) is 24.3 Å². The fourth-order valence-electron chi connectivity index (χ4n) is 3.42. The fraction of sp³-hybridized carbons (Fsp3) is 0.600. The molecule has 2 N–H and O–H groups in total. The van der Waals surface area contributed by atoms with Gasteiger partial charge in [0.25, 0.3) is 0 Å². The van der Waals surface area contributed by atoms with Crippen LogP contribution >= 0.6 is 0 Å². The van der Waals surface area contributed by atoms with Gasteiger partial charge in [-0.25, -0.2) is 0 Å². The van der Waals surface area contributed by atoms with E-state index in [4.69, 9.17) is 5.73 Å². The van der Waals surface area contributed by atoms with E-state index in [1.807, 2.05) is 0 Å². The van der Waals surface area contributed by atoms with Crippen molar-refractivity contribution < 1.29 is 0 Å². The summed E-state index contributed by atoms with van der Waals surface area (Å²) in [5.74, 6) is 0.744. The van der Waals surface area contributed by atoms with Crippen LogP contribution in [-0.2, 0) is 6.42 Å². The van der Waals surface area contributed by atoms with E-state index in [9.17, 15) is 0 Å². The van der Waals surface area contributed by atoms with Gasteiger partial charge in [0.1, 0.15) is 0 Å². The number of fused-ring (bicyclic) bond motifs is 1. The predicted octanol–water partition coefficient (Wildman–Crippen LogP) is 2.57. The van der Waals surface area contributed by atoms with Crippen LogP contribution in [0.25, 0.3) is 0 Å². The molecule has 0 amide bonds. The highest BCUT2D eigenvalue weighted by atomic mass is 15.2. The van der Waals surface area contributed by atoms with E-state index in [2.05, 4.69) is 36.1 Å². The van der Waals surface area contributed by atoms with Crippen molar-refractivity contribution in [2.75, 3.05) is 18.0 Å². The quantitative estimate of drug-likeness (QED) is 0.846. The molecule has 1 heterocycles. The van der Waals surface area contributed by atoms with Crippen LogP contribution in [0.3, 0.4) is 0 Å². The van der Waals surface area contributed by atoms with E-state index in [-0.39, 0.29) is 5.54 Å². The molecule has 17 heavy (non-hydrogen) atoms. The largest absolute Gasteiger partial charge is 0.364 e. The van der Waals surface area contributed by atoms with Crippen LogP contribution in [0.2, 0.25) is 0 Å². The molecular formula is C15H22N2. The zero-order valence-corrected chi connectivity index (χ0v) is 10.7. The Hall–Kier alpha value is -1.02. The van der Waals surface area contributed by atoms with E-state index in [0.29, 0.717) is 0 Å². The number of rotatable bonds is 2. The molecule has 1 atom stereocenters. The summed E-state index contributed by atoms with van der Waals surface area (Å²) >= 11 is 0. The Bertz CT molecular complexity index is 404. The number of hydrogen-bond donors (Lipinski definition) is 1. The zero-order valence-electron chi connectivity index (χ0n) is 10.7. The third-order valence-corrected chi connectivity index (χ3v) is 4.58. The van der Waals surface area contributed by atoms with Gasteiger partial charge in [-0.3, -0.25) is 0 Å². The van der Waals surface area contributed by atoms with Crippen LogP contribution in [0.5, 0.6) is 0 Å². The molecule has 2 aliphatic rings. The molecule has 1 aliphatic heterocycles. The highest BCUT2D eigenvalue weighted by Crippen LogP contribution is 2.43. The number of para-hydroxylation sites is 1. The number of anilines is 1. The normalized spacial score (nSPS) is 26.2. The van der Waals surface area contributed by atoms with E-state index in [1.165, 1.54) is 43.5 Å². The number of hydrogen-bond acceptors (Lipinski definition) is 2. The second kappa shape index (κ2) is 4.02. The van der Waals surface area contributed by atoms with Crippen molar-refractivity contribution in [3.63, 3.8) is 0 Å². The minimum absolute atomic E-state index is 0.269. The third kappa shape index (κ3) is 1.66. The summed E-state index contributed by atoms with van der Waals surface area (Å²) in [4.78, 5) is 2.61. The first kappa shape index (κ1) is 11.1. The smallest absolute Gasteiger partial charge is 0.0524 e. The Morgan fingerprint density at radius 3 is 2.76 bits per heavy atom. The van der Waals surface area contributed by atoms with Gasteiger partial charge in [-0.1, -0.05) is 25.1 Å². The molecule has 0 saturated heterocycles. The Balaban J connectivity index is 2.00. The van der Waals surface area contributed by atoms with Gasteiger partial charge in [0.05, 0.1) is 5.54 Å². The van der Waals surface area contributed by atoms with Crippen molar-refractivity contribution in [1.82, 2.24) is 0 Å². The van der Waals surface area contributed by atoms with Crippen molar-refractivity contribution in [3.05, 3.63) is 29.8 Å². The molecule has 92 valence electrons. The summed E-state index contributed by atoms with van der Waals surface area (Å²) in [5, 5.41) is 0. The van der Waals surface area contributed by atoms with Crippen LogP contribution in [0.4, 0.5) is 5.69 Å². The summed E-state index contributed by atoms with van der Waals surface area (Å²) in [7, 11) is 0. The lowest BCUT2D eigenvalue weighted by atomic mass is 9.73. The van der Waals surface area contributed by atoms with Gasteiger partial charge in [-0.15, -0.1) is 0 Å². The molecular weight excluding hydrogens is 208 g/mol. The van der Waals surface area contributed by atoms with Gasteiger partial charge in [-0.05, 0) is 43.2 Å². The lowest BCUT2D eigenvalue weighted by molar-refractivity contribution is 0.223. The van der Waals surface area contributed by atoms with Crippen molar-refractivity contribution >= 4 is 5.69 Å². The molecule has 0 spiro atoms. The summed E-state index contributed by atoms with van der Waals surface area (Å²) in [6, 6.07) is 8.87. The molecule has 3 rings (SSSR count). The van der Waals surface area contributed by atoms with E-state index >= 15 is 0 Å². The van der Waals surface area contributed by atoms with Gasteiger partial charge in [0.15, 0.2) is 0 Å². The molecule has 1 aromatic carbocycles. The third-order valence-electron chi connectivity index (χ3n) is 4.58. The molecule has 1 aliphatic carbocycles. The maximum atomic E-state index is 6.06. The standard InChI is InChI=1S/C15H22N2/c1-12-9-13-5-2-3-6-14(13)17(10-12)15(11-16)7-4-8-15/h2-3,5-6,12H,4,7-11,16H2,1H3. The lowest BCUT2D eigenvalue weighted by Crippen LogP contribution is -2.61. The average molecular weight is 230 g/mol. The minimum Gasteiger partial charge on any atom is -0.364 e. The van der Waals surface area contributed by atoms with Crippen LogP contribution in [0.1, 0.15) is 31.7 Å². The summed E-state index contributed by atoms with van der Waals surface area (Å²) < 4.78 is 0. The maximum Gasteiger partial charge on any atom is 0.0524 e. The van der Waals surface area contributed by atoms with E-state index in [1.54, 1.807) is 0 Å². The molecule has 1 aromatic rings. The lowest BCUT2D eigenvalue weighted by Gasteiger charge is -2.54. The average Bonchev–Trinajstić information content (AvgIpc) is 2.28. The summed E-state index contributed by atoms with van der Waals surface area (Å²) in [6.07, 6.45) is 5.09. The number of nitrogens with zero attached hydrogens (tertiary/aromatic N) is 1. The van der Waals surface area contributed by atoms with Gasteiger partial charge >= 0.3 is 0 Å². The first-order valence-electron chi connectivity index (χ1n) is 6.81. The van der Waals surface area contributed by atoms with Crippen molar-refractivity contribution in [3.8, 4) is 0 Å². The van der Waals surface area contributed by atoms with Gasteiger partial charge in [0.2, 0.25) is 0 Å². The predicted molar refractivity (Wildman–Crippen MR) is 72.3 cm³/mol. The molecule has 2 heteroatoms. The van der Waals surface area contributed by atoms with E-state index < -0.39 is 0 Å². The number of nitrogens with two attached hydrogens (primary N) is 1. The van der Waals surface area contributed by atoms with Crippen molar-refractivity contribution in [1.29, 1.82) is 0 Å². The van der Waals surface area contributed by atoms with Crippen molar-refractivity contribution in [2.24, 2.45) is 11.7 Å². The Labute approximate surface area is 104 Å². The van der Waals surface area contributed by atoms with Crippen molar-refractivity contribution in [2.45, 2.75) is 38.1 Å². The molecule has 0 bridgehead atoms. The Kier molecular flexibility index (Phi) is 2.62. The molecule has 1 unspecified atom stereocenters. The van der Waals surface area contributed by atoms with Gasteiger partial charge in [-0.2, -0.15) is 0 Å². The second-order valence-electron chi connectivity index (χ2n) is 5.83. The highest BCUT2D eigenvalue weighted by Gasteiger charge is 2.43. The Morgan fingerprint density at radius 1 is 1.35 bits per heavy atom. The monoisotopic (exact) mass is 230 g/mol. The molecule has 2 nitrogen and oxygen atoms in total.